The number of carbonyl (C=O) groups excluding carboxylic acids is 2. The molecule has 0 atom stereocenters. The highest BCUT2D eigenvalue weighted by Gasteiger charge is 2.51. The van der Waals surface area contributed by atoms with E-state index in [4.69, 9.17) is 32.5 Å². The smallest absolute Gasteiger partial charge is 0.399 e. The predicted octanol–water partition coefficient (Wildman–Crippen LogP) is 5.37. The maximum absolute atomic E-state index is 10.9. The van der Waals surface area contributed by atoms with Gasteiger partial charge in [-0.1, -0.05) is 51.3 Å². The van der Waals surface area contributed by atoms with Crippen LogP contribution in [-0.2, 0) is 9.31 Å². The molecule has 0 bridgehead atoms. The van der Waals surface area contributed by atoms with Gasteiger partial charge in [-0.2, -0.15) is 0 Å². The lowest BCUT2D eigenvalue weighted by molar-refractivity contribution is 0.00578. The van der Waals surface area contributed by atoms with Gasteiger partial charge in [-0.15, -0.1) is 0 Å². The Bertz CT molecular complexity index is 871. The lowest BCUT2D eigenvalue weighted by atomic mass is 9.78. The zero-order valence-corrected chi connectivity index (χ0v) is 19.1. The van der Waals surface area contributed by atoms with E-state index in [-0.39, 0.29) is 0 Å². The van der Waals surface area contributed by atoms with Crippen LogP contribution in [0, 0.1) is 0 Å². The van der Waals surface area contributed by atoms with Crippen LogP contribution in [0.4, 0.5) is 0 Å². The molecule has 0 spiro atoms. The topological polar surface area (TPSA) is 52.6 Å². The quantitative estimate of drug-likeness (QED) is 0.433. The summed E-state index contributed by atoms with van der Waals surface area (Å²) in [5.74, 6) is 0. The van der Waals surface area contributed by atoms with E-state index in [9.17, 15) is 9.59 Å². The molecule has 0 aliphatic carbocycles. The van der Waals surface area contributed by atoms with E-state index in [0.717, 1.165) is 22.5 Å². The van der Waals surface area contributed by atoms with Gasteiger partial charge < -0.3 is 9.31 Å². The molecule has 28 heavy (non-hydrogen) atoms. The molecule has 1 fully saturated rings. The van der Waals surface area contributed by atoms with Gasteiger partial charge in [0, 0.05) is 15.6 Å². The van der Waals surface area contributed by atoms with Crippen molar-refractivity contribution < 1.29 is 18.9 Å². The molecule has 0 unspecified atom stereocenters. The van der Waals surface area contributed by atoms with Crippen LogP contribution in [0.1, 0.15) is 48.4 Å². The van der Waals surface area contributed by atoms with E-state index < -0.39 is 18.3 Å². The monoisotopic (exact) mass is 484 g/mol. The molecule has 1 heterocycles. The molecule has 1 saturated heterocycles. The molecule has 2 aromatic rings. The maximum atomic E-state index is 10.9. The summed E-state index contributed by atoms with van der Waals surface area (Å²) in [5, 5.41) is 0.920. The summed E-state index contributed by atoms with van der Waals surface area (Å²) in [6.07, 6.45) is 1.46. The first-order valence-corrected chi connectivity index (χ1v) is 10.1. The van der Waals surface area contributed by atoms with Gasteiger partial charge in [0.25, 0.3) is 0 Å². The Kier molecular flexibility index (Phi) is 7.51. The third-order valence-corrected chi connectivity index (χ3v) is 5.94. The molecular weight excluding hydrogens is 466 g/mol. The van der Waals surface area contributed by atoms with Gasteiger partial charge in [-0.25, -0.2) is 0 Å². The van der Waals surface area contributed by atoms with Crippen molar-refractivity contribution in [2.24, 2.45) is 0 Å². The van der Waals surface area contributed by atoms with Crippen LogP contribution in [-0.4, -0.2) is 30.9 Å². The summed E-state index contributed by atoms with van der Waals surface area (Å²) in [4.78, 5) is 21.2. The predicted molar refractivity (Wildman–Crippen MR) is 117 cm³/mol. The first-order chi connectivity index (χ1) is 13.0. The number of hydrogen-bond donors (Lipinski definition) is 0. The van der Waals surface area contributed by atoms with E-state index in [1.165, 1.54) is 0 Å². The van der Waals surface area contributed by atoms with Gasteiger partial charge in [0.05, 0.1) is 21.2 Å². The number of rotatable bonds is 3. The maximum Gasteiger partial charge on any atom is 0.494 e. The second-order valence-corrected chi connectivity index (χ2v) is 9.00. The van der Waals surface area contributed by atoms with Gasteiger partial charge >= 0.3 is 7.12 Å². The Labute approximate surface area is 183 Å². The van der Waals surface area contributed by atoms with Crippen molar-refractivity contribution in [2.45, 2.75) is 38.9 Å². The Morgan fingerprint density at radius 2 is 1.32 bits per heavy atom. The number of carbonyl (C=O) groups is 2. The molecule has 4 nitrogen and oxygen atoms in total. The number of halogens is 3. The molecule has 0 radical (unpaired) electrons. The highest BCUT2D eigenvalue weighted by Crippen LogP contribution is 2.36. The number of benzene rings is 2. The molecule has 3 rings (SSSR count). The minimum absolute atomic E-state index is 0.390. The van der Waals surface area contributed by atoms with Crippen LogP contribution < -0.4 is 5.46 Å². The molecule has 0 aromatic heterocycles. The highest BCUT2D eigenvalue weighted by molar-refractivity contribution is 9.10. The van der Waals surface area contributed by atoms with E-state index in [1.54, 1.807) is 30.3 Å². The van der Waals surface area contributed by atoms with Gasteiger partial charge in [-0.05, 0) is 57.4 Å². The van der Waals surface area contributed by atoms with Crippen LogP contribution in [0.25, 0.3) is 0 Å². The van der Waals surface area contributed by atoms with Crippen molar-refractivity contribution in [2.75, 3.05) is 0 Å². The third kappa shape index (κ3) is 5.25. The highest BCUT2D eigenvalue weighted by atomic mass is 79.9. The van der Waals surface area contributed by atoms with E-state index in [0.29, 0.717) is 21.2 Å². The van der Waals surface area contributed by atoms with Crippen molar-refractivity contribution >= 4 is 64.3 Å². The lowest BCUT2D eigenvalue weighted by Gasteiger charge is -2.32. The standard InChI is InChI=1S/C13H16BClO3.C7H4BrClO/c1-12(2)13(3,4)18-14(17-12)10-5-6-11(15)9(7-10)8-16;8-6-1-2-7(9)5(3-6)4-10/h5-8H,1-4H3;1-4H. The summed E-state index contributed by atoms with van der Waals surface area (Å²) in [7, 11) is -0.467. The van der Waals surface area contributed by atoms with Crippen molar-refractivity contribution in [3.05, 3.63) is 62.0 Å². The molecule has 1 aliphatic heterocycles. The first-order valence-electron chi connectivity index (χ1n) is 8.51. The van der Waals surface area contributed by atoms with Gasteiger partial charge in [0.15, 0.2) is 12.6 Å². The van der Waals surface area contributed by atoms with Crippen LogP contribution in [0.5, 0.6) is 0 Å². The summed E-state index contributed by atoms with van der Waals surface area (Å²) in [5.41, 5.74) is 0.983. The average Bonchev–Trinajstić information content (AvgIpc) is 2.85. The van der Waals surface area contributed by atoms with Gasteiger partial charge in [0.1, 0.15) is 0 Å². The molecular formula is C20H20BBrCl2O4. The van der Waals surface area contributed by atoms with Gasteiger partial charge in [0.2, 0.25) is 0 Å². The molecule has 148 valence electrons. The summed E-state index contributed by atoms with van der Waals surface area (Å²) in [6, 6.07) is 10.3. The number of hydrogen-bond acceptors (Lipinski definition) is 4. The Morgan fingerprint density at radius 3 is 1.79 bits per heavy atom. The average molecular weight is 486 g/mol. The molecule has 1 aliphatic rings. The fraction of sp³-hybridized carbons (Fsp3) is 0.300. The zero-order valence-electron chi connectivity index (χ0n) is 16.0. The summed E-state index contributed by atoms with van der Waals surface area (Å²) < 4.78 is 12.7. The second-order valence-electron chi connectivity index (χ2n) is 7.27. The largest absolute Gasteiger partial charge is 0.494 e. The normalized spacial score (nSPS) is 16.9. The fourth-order valence-corrected chi connectivity index (χ4v) is 3.09. The van der Waals surface area contributed by atoms with Gasteiger partial charge in [-0.3, -0.25) is 9.59 Å². The second kappa shape index (κ2) is 9.10. The Hall–Kier alpha value is -1.18. The van der Waals surface area contributed by atoms with Crippen molar-refractivity contribution in [1.82, 2.24) is 0 Å². The summed E-state index contributed by atoms with van der Waals surface area (Å²) in [6.45, 7) is 7.96. The Morgan fingerprint density at radius 1 is 0.857 bits per heavy atom. The molecule has 0 amide bonds. The van der Waals surface area contributed by atoms with Crippen molar-refractivity contribution in [3.63, 3.8) is 0 Å². The molecule has 0 N–H and O–H groups in total. The fourth-order valence-electron chi connectivity index (χ4n) is 2.38. The van der Waals surface area contributed by atoms with E-state index in [2.05, 4.69) is 15.9 Å². The minimum Gasteiger partial charge on any atom is -0.399 e. The minimum atomic E-state index is -0.467. The first kappa shape index (κ1) is 23.1. The zero-order chi connectivity index (χ0) is 21.1. The van der Waals surface area contributed by atoms with Crippen LogP contribution >= 0.6 is 39.1 Å². The van der Waals surface area contributed by atoms with Crippen LogP contribution in [0.3, 0.4) is 0 Å². The number of aldehydes is 2. The Balaban J connectivity index is 0.000000237. The van der Waals surface area contributed by atoms with Crippen LogP contribution in [0.15, 0.2) is 40.9 Å². The molecule has 0 saturated carbocycles. The molecule has 8 heteroatoms. The van der Waals surface area contributed by atoms with Crippen molar-refractivity contribution in [3.8, 4) is 0 Å². The van der Waals surface area contributed by atoms with Crippen LogP contribution in [0.2, 0.25) is 10.0 Å². The van der Waals surface area contributed by atoms with Crippen molar-refractivity contribution in [1.29, 1.82) is 0 Å². The molecule has 2 aromatic carbocycles. The lowest BCUT2D eigenvalue weighted by Crippen LogP contribution is -2.41. The third-order valence-electron chi connectivity index (χ3n) is 4.76. The summed E-state index contributed by atoms with van der Waals surface area (Å²) >= 11 is 14.8. The SMILES string of the molecule is CC1(C)OB(c2ccc(Cl)c(C=O)c2)OC1(C)C.O=Cc1cc(Br)ccc1Cl. The van der Waals surface area contributed by atoms with E-state index >= 15 is 0 Å². The van der Waals surface area contributed by atoms with E-state index in [1.807, 2.05) is 33.8 Å².